The SMILES string of the molecule is CCOC(=O)c1ccsc1NC(=O)N1CCCCC1c1ncc[nH]1. The van der Waals surface area contributed by atoms with Gasteiger partial charge in [0.15, 0.2) is 0 Å². The van der Waals surface area contributed by atoms with Gasteiger partial charge in [0, 0.05) is 18.9 Å². The summed E-state index contributed by atoms with van der Waals surface area (Å²) in [7, 11) is 0. The zero-order valence-corrected chi connectivity index (χ0v) is 14.3. The number of ether oxygens (including phenoxy) is 1. The first-order valence-electron chi connectivity index (χ1n) is 8.02. The molecule has 7 nitrogen and oxygen atoms in total. The van der Waals surface area contributed by atoms with Crippen molar-refractivity contribution < 1.29 is 14.3 Å². The largest absolute Gasteiger partial charge is 0.462 e. The molecule has 24 heavy (non-hydrogen) atoms. The number of thiophene rings is 1. The van der Waals surface area contributed by atoms with Crippen LogP contribution in [-0.4, -0.2) is 40.0 Å². The van der Waals surface area contributed by atoms with E-state index < -0.39 is 5.97 Å². The lowest BCUT2D eigenvalue weighted by Crippen LogP contribution is -2.41. The predicted octanol–water partition coefficient (Wildman–Crippen LogP) is 3.41. The van der Waals surface area contributed by atoms with Gasteiger partial charge >= 0.3 is 12.0 Å². The van der Waals surface area contributed by atoms with Crippen LogP contribution in [0.3, 0.4) is 0 Å². The first-order valence-corrected chi connectivity index (χ1v) is 8.90. The number of hydrogen-bond acceptors (Lipinski definition) is 5. The molecule has 0 saturated carbocycles. The minimum absolute atomic E-state index is 0.0697. The second-order valence-electron chi connectivity index (χ2n) is 5.49. The van der Waals surface area contributed by atoms with Gasteiger partial charge in [-0.3, -0.25) is 5.32 Å². The van der Waals surface area contributed by atoms with Crippen LogP contribution < -0.4 is 5.32 Å². The van der Waals surface area contributed by atoms with Gasteiger partial charge in [0.05, 0.1) is 18.2 Å². The smallest absolute Gasteiger partial charge is 0.341 e. The molecule has 0 bridgehead atoms. The number of esters is 1. The van der Waals surface area contributed by atoms with Gasteiger partial charge in [-0.25, -0.2) is 14.6 Å². The zero-order chi connectivity index (χ0) is 16.9. The van der Waals surface area contributed by atoms with Crippen LogP contribution in [0.5, 0.6) is 0 Å². The summed E-state index contributed by atoms with van der Waals surface area (Å²) in [4.78, 5) is 33.8. The number of aromatic amines is 1. The van der Waals surface area contributed by atoms with Crippen LogP contribution in [-0.2, 0) is 4.74 Å². The normalized spacial score (nSPS) is 17.5. The maximum Gasteiger partial charge on any atom is 0.341 e. The van der Waals surface area contributed by atoms with Crippen molar-refractivity contribution in [3.63, 3.8) is 0 Å². The number of nitrogens with zero attached hydrogens (tertiary/aromatic N) is 2. The number of carbonyl (C=O) groups excluding carboxylic acids is 2. The average Bonchev–Trinajstić information content (AvgIpc) is 3.27. The fourth-order valence-electron chi connectivity index (χ4n) is 2.86. The van der Waals surface area contributed by atoms with Crippen molar-refractivity contribution in [3.8, 4) is 0 Å². The van der Waals surface area contributed by atoms with Crippen molar-refractivity contribution in [1.82, 2.24) is 14.9 Å². The molecule has 128 valence electrons. The number of rotatable bonds is 4. The summed E-state index contributed by atoms with van der Waals surface area (Å²) in [5.74, 6) is 0.372. The highest BCUT2D eigenvalue weighted by Gasteiger charge is 2.30. The molecule has 1 aliphatic heterocycles. The van der Waals surface area contributed by atoms with Gasteiger partial charge in [-0.15, -0.1) is 11.3 Å². The molecule has 3 heterocycles. The van der Waals surface area contributed by atoms with Crippen LogP contribution >= 0.6 is 11.3 Å². The molecule has 0 aromatic carbocycles. The van der Waals surface area contributed by atoms with Crippen LogP contribution in [0.2, 0.25) is 0 Å². The number of carbonyl (C=O) groups is 2. The lowest BCUT2D eigenvalue weighted by molar-refractivity contribution is 0.0528. The van der Waals surface area contributed by atoms with E-state index in [1.54, 1.807) is 35.7 Å². The molecular weight excluding hydrogens is 328 g/mol. The minimum Gasteiger partial charge on any atom is -0.462 e. The first kappa shape index (κ1) is 16.5. The number of H-pyrrole nitrogens is 1. The first-order chi connectivity index (χ1) is 11.7. The number of nitrogens with one attached hydrogen (secondary N) is 2. The highest BCUT2D eigenvalue weighted by Crippen LogP contribution is 2.31. The van der Waals surface area contributed by atoms with Crippen molar-refractivity contribution in [2.75, 3.05) is 18.5 Å². The minimum atomic E-state index is -0.421. The average molecular weight is 348 g/mol. The summed E-state index contributed by atoms with van der Waals surface area (Å²) < 4.78 is 5.02. The lowest BCUT2D eigenvalue weighted by atomic mass is 10.0. The fourth-order valence-corrected chi connectivity index (χ4v) is 3.63. The van der Waals surface area contributed by atoms with Crippen molar-refractivity contribution in [3.05, 3.63) is 35.2 Å². The molecule has 2 N–H and O–H groups in total. The third-order valence-electron chi connectivity index (χ3n) is 3.98. The van der Waals surface area contributed by atoms with Crippen LogP contribution in [0.15, 0.2) is 23.8 Å². The van der Waals surface area contributed by atoms with Crippen LogP contribution in [0.1, 0.15) is 48.4 Å². The number of imidazole rings is 1. The molecule has 0 spiro atoms. The lowest BCUT2D eigenvalue weighted by Gasteiger charge is -2.34. The van der Waals surface area contributed by atoms with E-state index in [2.05, 4.69) is 15.3 Å². The Balaban J connectivity index is 1.74. The van der Waals surface area contributed by atoms with E-state index in [0.29, 0.717) is 23.7 Å². The maximum atomic E-state index is 12.7. The Morgan fingerprint density at radius 1 is 1.50 bits per heavy atom. The van der Waals surface area contributed by atoms with Gasteiger partial charge in [0.1, 0.15) is 10.8 Å². The van der Waals surface area contributed by atoms with Crippen LogP contribution in [0.4, 0.5) is 9.80 Å². The van der Waals surface area contributed by atoms with Crippen LogP contribution in [0, 0.1) is 0 Å². The van der Waals surface area contributed by atoms with Gasteiger partial charge in [0.25, 0.3) is 0 Å². The number of urea groups is 1. The van der Waals surface area contributed by atoms with Gasteiger partial charge < -0.3 is 14.6 Å². The van der Waals surface area contributed by atoms with Crippen molar-refractivity contribution in [1.29, 1.82) is 0 Å². The number of amides is 2. The molecule has 2 aromatic rings. The van der Waals surface area contributed by atoms with E-state index in [1.807, 2.05) is 0 Å². The highest BCUT2D eigenvalue weighted by molar-refractivity contribution is 7.14. The molecule has 0 radical (unpaired) electrons. The summed E-state index contributed by atoms with van der Waals surface area (Å²) in [6.07, 6.45) is 6.34. The van der Waals surface area contributed by atoms with Crippen molar-refractivity contribution >= 4 is 28.3 Å². The third kappa shape index (κ3) is 3.43. The van der Waals surface area contributed by atoms with Crippen LogP contribution in [0.25, 0.3) is 0 Å². The second-order valence-corrected chi connectivity index (χ2v) is 6.41. The fraction of sp³-hybridized carbons (Fsp3) is 0.438. The molecule has 0 aliphatic carbocycles. The summed E-state index contributed by atoms with van der Waals surface area (Å²) in [5, 5.41) is 5.14. The Bertz CT molecular complexity index is 698. The van der Waals surface area contributed by atoms with E-state index in [9.17, 15) is 9.59 Å². The van der Waals surface area contributed by atoms with Gasteiger partial charge in [-0.05, 0) is 37.6 Å². The number of piperidine rings is 1. The Morgan fingerprint density at radius 3 is 3.12 bits per heavy atom. The van der Waals surface area contributed by atoms with Gasteiger partial charge in [-0.2, -0.15) is 0 Å². The molecule has 1 aliphatic rings. The van der Waals surface area contributed by atoms with E-state index in [1.165, 1.54) is 11.3 Å². The monoisotopic (exact) mass is 348 g/mol. The number of likely N-dealkylation sites (tertiary alicyclic amines) is 1. The summed E-state index contributed by atoms with van der Waals surface area (Å²) in [6, 6.07) is 1.38. The Morgan fingerprint density at radius 2 is 2.38 bits per heavy atom. The predicted molar refractivity (Wildman–Crippen MR) is 91.2 cm³/mol. The molecule has 3 rings (SSSR count). The van der Waals surface area contributed by atoms with E-state index in [-0.39, 0.29) is 12.1 Å². The molecular formula is C16H20N4O3S. The summed E-state index contributed by atoms with van der Waals surface area (Å²) in [6.45, 7) is 2.72. The topological polar surface area (TPSA) is 87.3 Å². The Kier molecular flexibility index (Phi) is 5.14. The molecule has 1 saturated heterocycles. The number of anilines is 1. The summed E-state index contributed by atoms with van der Waals surface area (Å²) >= 11 is 1.31. The van der Waals surface area contributed by atoms with Crippen molar-refractivity contribution in [2.45, 2.75) is 32.2 Å². The quantitative estimate of drug-likeness (QED) is 0.829. The molecule has 1 atom stereocenters. The standard InChI is InChI=1S/C16H20N4O3S/c1-2-23-15(21)11-6-10-24-14(11)19-16(22)20-9-4-3-5-12(20)13-17-7-8-18-13/h6-8,10,12H,2-5,9H2,1H3,(H,17,18)(H,19,22). The molecule has 8 heteroatoms. The Labute approximate surface area is 144 Å². The van der Waals surface area contributed by atoms with E-state index in [4.69, 9.17) is 4.74 Å². The van der Waals surface area contributed by atoms with Crippen molar-refractivity contribution in [2.24, 2.45) is 0 Å². The third-order valence-corrected chi connectivity index (χ3v) is 4.81. The van der Waals surface area contributed by atoms with E-state index >= 15 is 0 Å². The number of aromatic nitrogens is 2. The highest BCUT2D eigenvalue weighted by atomic mass is 32.1. The zero-order valence-electron chi connectivity index (χ0n) is 13.4. The molecule has 1 unspecified atom stereocenters. The molecule has 1 fully saturated rings. The van der Waals surface area contributed by atoms with Gasteiger partial charge in [0.2, 0.25) is 0 Å². The second kappa shape index (κ2) is 7.48. The van der Waals surface area contributed by atoms with E-state index in [0.717, 1.165) is 25.1 Å². The molecule has 2 aromatic heterocycles. The Hall–Kier alpha value is -2.35. The summed E-state index contributed by atoms with van der Waals surface area (Å²) in [5.41, 5.74) is 0.391. The van der Waals surface area contributed by atoms with Gasteiger partial charge in [-0.1, -0.05) is 0 Å². The maximum absolute atomic E-state index is 12.7. The number of hydrogen-bond donors (Lipinski definition) is 2. The molecule has 2 amide bonds.